The standard InChI is InChI=1S/C18H21N3O2/c1-12-4-5-15(13(2)10-12)11-21(3)17(22)14-6-8-16(9-7-14)20-18(19)23/h4-10H,11H2,1-3H3,(H3,19,20,23). The van der Waals surface area contributed by atoms with Gasteiger partial charge < -0.3 is 16.0 Å². The molecule has 0 saturated heterocycles. The lowest BCUT2D eigenvalue weighted by atomic mass is 10.1. The molecule has 0 saturated carbocycles. The van der Waals surface area contributed by atoms with E-state index in [4.69, 9.17) is 5.73 Å². The summed E-state index contributed by atoms with van der Waals surface area (Å²) < 4.78 is 0. The van der Waals surface area contributed by atoms with E-state index in [0.29, 0.717) is 17.8 Å². The third-order valence-corrected chi connectivity index (χ3v) is 3.65. The van der Waals surface area contributed by atoms with Gasteiger partial charge in [0.25, 0.3) is 5.91 Å². The van der Waals surface area contributed by atoms with Crippen molar-refractivity contribution in [3.63, 3.8) is 0 Å². The molecule has 23 heavy (non-hydrogen) atoms. The minimum atomic E-state index is -0.629. The third-order valence-electron chi connectivity index (χ3n) is 3.65. The molecule has 0 heterocycles. The summed E-state index contributed by atoms with van der Waals surface area (Å²) >= 11 is 0. The topological polar surface area (TPSA) is 75.4 Å². The van der Waals surface area contributed by atoms with Gasteiger partial charge in [0, 0.05) is 24.8 Å². The molecule has 0 atom stereocenters. The number of nitrogens with zero attached hydrogens (tertiary/aromatic N) is 1. The molecule has 0 aromatic heterocycles. The number of rotatable bonds is 4. The number of amides is 3. The number of nitrogens with one attached hydrogen (secondary N) is 1. The van der Waals surface area contributed by atoms with Crippen LogP contribution in [0.3, 0.4) is 0 Å². The summed E-state index contributed by atoms with van der Waals surface area (Å²) in [6.07, 6.45) is 0. The van der Waals surface area contributed by atoms with Crippen molar-refractivity contribution in [3.8, 4) is 0 Å². The van der Waals surface area contributed by atoms with E-state index in [1.54, 1.807) is 36.2 Å². The zero-order valence-electron chi connectivity index (χ0n) is 13.6. The van der Waals surface area contributed by atoms with Crippen LogP contribution >= 0.6 is 0 Å². The summed E-state index contributed by atoms with van der Waals surface area (Å²) in [6.45, 7) is 4.64. The van der Waals surface area contributed by atoms with Gasteiger partial charge in [-0.05, 0) is 49.2 Å². The smallest absolute Gasteiger partial charge is 0.316 e. The predicted molar refractivity (Wildman–Crippen MR) is 91.4 cm³/mol. The predicted octanol–water partition coefficient (Wildman–Crippen LogP) is 3.07. The quantitative estimate of drug-likeness (QED) is 0.910. The molecule has 2 aromatic carbocycles. The Balaban J connectivity index is 2.08. The van der Waals surface area contributed by atoms with Crippen molar-refractivity contribution in [3.05, 3.63) is 64.7 Å². The molecule has 2 aromatic rings. The average Bonchev–Trinajstić information content (AvgIpc) is 2.49. The van der Waals surface area contributed by atoms with Gasteiger partial charge in [-0.1, -0.05) is 23.8 Å². The van der Waals surface area contributed by atoms with Gasteiger partial charge in [-0.3, -0.25) is 4.79 Å². The summed E-state index contributed by atoms with van der Waals surface area (Å²) in [5.74, 6) is -0.0735. The van der Waals surface area contributed by atoms with Crippen molar-refractivity contribution >= 4 is 17.6 Å². The Kier molecular flexibility index (Phi) is 5.01. The second-order valence-corrected chi connectivity index (χ2v) is 5.66. The van der Waals surface area contributed by atoms with Gasteiger partial charge in [-0.15, -0.1) is 0 Å². The largest absolute Gasteiger partial charge is 0.351 e. The fourth-order valence-corrected chi connectivity index (χ4v) is 2.41. The molecule has 120 valence electrons. The summed E-state index contributed by atoms with van der Waals surface area (Å²) in [4.78, 5) is 24.9. The first-order chi connectivity index (χ1) is 10.9. The third kappa shape index (κ3) is 4.32. The number of hydrogen-bond donors (Lipinski definition) is 2. The Morgan fingerprint density at radius 3 is 2.30 bits per heavy atom. The lowest BCUT2D eigenvalue weighted by molar-refractivity contribution is 0.0785. The van der Waals surface area contributed by atoms with Crippen LogP contribution in [0.15, 0.2) is 42.5 Å². The summed E-state index contributed by atoms with van der Waals surface area (Å²) in [5, 5.41) is 2.47. The first-order valence-corrected chi connectivity index (χ1v) is 7.35. The summed E-state index contributed by atoms with van der Waals surface area (Å²) in [6, 6.07) is 12.2. The molecule has 2 rings (SSSR count). The number of nitrogens with two attached hydrogens (primary N) is 1. The number of carbonyl (C=O) groups is 2. The van der Waals surface area contributed by atoms with Crippen LogP contribution in [-0.2, 0) is 6.54 Å². The van der Waals surface area contributed by atoms with E-state index >= 15 is 0 Å². The molecular weight excluding hydrogens is 290 g/mol. The number of benzene rings is 2. The molecule has 0 fully saturated rings. The minimum Gasteiger partial charge on any atom is -0.351 e. The van der Waals surface area contributed by atoms with Crippen LogP contribution < -0.4 is 11.1 Å². The van der Waals surface area contributed by atoms with E-state index in [1.807, 2.05) is 26.0 Å². The summed E-state index contributed by atoms with van der Waals surface area (Å²) in [7, 11) is 1.78. The highest BCUT2D eigenvalue weighted by Gasteiger charge is 2.13. The molecule has 0 aliphatic heterocycles. The van der Waals surface area contributed by atoms with E-state index < -0.39 is 6.03 Å². The van der Waals surface area contributed by atoms with E-state index in [9.17, 15) is 9.59 Å². The first-order valence-electron chi connectivity index (χ1n) is 7.35. The molecule has 0 spiro atoms. The lowest BCUT2D eigenvalue weighted by Crippen LogP contribution is -2.26. The molecule has 5 nitrogen and oxygen atoms in total. The Hall–Kier alpha value is -2.82. The highest BCUT2D eigenvalue weighted by atomic mass is 16.2. The maximum atomic E-state index is 12.5. The fraction of sp³-hybridized carbons (Fsp3) is 0.222. The fourth-order valence-electron chi connectivity index (χ4n) is 2.41. The van der Waals surface area contributed by atoms with E-state index in [2.05, 4.69) is 11.4 Å². The molecule has 0 unspecified atom stereocenters. The maximum absolute atomic E-state index is 12.5. The molecular formula is C18H21N3O2. The number of carbonyl (C=O) groups excluding carboxylic acids is 2. The van der Waals surface area contributed by atoms with Crippen LogP contribution in [0.1, 0.15) is 27.0 Å². The van der Waals surface area contributed by atoms with Crippen molar-refractivity contribution in [1.82, 2.24) is 4.90 Å². The van der Waals surface area contributed by atoms with Crippen molar-refractivity contribution in [2.75, 3.05) is 12.4 Å². The molecule has 3 amide bonds. The second-order valence-electron chi connectivity index (χ2n) is 5.66. The van der Waals surface area contributed by atoms with Gasteiger partial charge in [-0.2, -0.15) is 0 Å². The number of anilines is 1. The van der Waals surface area contributed by atoms with Crippen LogP contribution in [0.5, 0.6) is 0 Å². The zero-order valence-corrected chi connectivity index (χ0v) is 13.6. The van der Waals surface area contributed by atoms with Gasteiger partial charge in [0.05, 0.1) is 0 Å². The zero-order chi connectivity index (χ0) is 17.0. The van der Waals surface area contributed by atoms with Gasteiger partial charge in [0.2, 0.25) is 0 Å². The van der Waals surface area contributed by atoms with Crippen LogP contribution in [-0.4, -0.2) is 23.9 Å². The Morgan fingerprint density at radius 2 is 1.74 bits per heavy atom. The van der Waals surface area contributed by atoms with Crippen LogP contribution in [0, 0.1) is 13.8 Å². The average molecular weight is 311 g/mol. The number of urea groups is 1. The second kappa shape index (κ2) is 6.96. The Morgan fingerprint density at radius 1 is 1.09 bits per heavy atom. The number of aryl methyl sites for hydroxylation is 2. The normalized spacial score (nSPS) is 10.2. The molecule has 0 radical (unpaired) electrons. The van der Waals surface area contributed by atoms with Gasteiger partial charge in [0.15, 0.2) is 0 Å². The van der Waals surface area contributed by atoms with Crippen LogP contribution in [0.2, 0.25) is 0 Å². The van der Waals surface area contributed by atoms with Crippen molar-refractivity contribution in [2.24, 2.45) is 5.73 Å². The van der Waals surface area contributed by atoms with Gasteiger partial charge in [-0.25, -0.2) is 4.79 Å². The van der Waals surface area contributed by atoms with E-state index in [1.165, 1.54) is 11.1 Å². The van der Waals surface area contributed by atoms with Crippen molar-refractivity contribution in [1.29, 1.82) is 0 Å². The molecule has 0 aliphatic rings. The van der Waals surface area contributed by atoms with Crippen molar-refractivity contribution < 1.29 is 9.59 Å². The SMILES string of the molecule is Cc1ccc(CN(C)C(=O)c2ccc(NC(N)=O)cc2)c(C)c1. The van der Waals surface area contributed by atoms with Crippen molar-refractivity contribution in [2.45, 2.75) is 20.4 Å². The monoisotopic (exact) mass is 311 g/mol. The maximum Gasteiger partial charge on any atom is 0.316 e. The molecule has 0 aliphatic carbocycles. The molecule has 5 heteroatoms. The number of primary amides is 1. The molecule has 0 bridgehead atoms. The first kappa shape index (κ1) is 16.5. The minimum absolute atomic E-state index is 0.0735. The highest BCUT2D eigenvalue weighted by molar-refractivity contribution is 5.95. The molecule has 3 N–H and O–H groups in total. The highest BCUT2D eigenvalue weighted by Crippen LogP contribution is 2.15. The lowest BCUT2D eigenvalue weighted by Gasteiger charge is -2.19. The van der Waals surface area contributed by atoms with E-state index in [-0.39, 0.29) is 5.91 Å². The Labute approximate surface area is 136 Å². The Bertz CT molecular complexity index is 724. The summed E-state index contributed by atoms with van der Waals surface area (Å²) in [5.41, 5.74) is 9.68. The number of hydrogen-bond acceptors (Lipinski definition) is 2. The van der Waals surface area contributed by atoms with Gasteiger partial charge in [0.1, 0.15) is 0 Å². The van der Waals surface area contributed by atoms with Crippen LogP contribution in [0.4, 0.5) is 10.5 Å². The van der Waals surface area contributed by atoms with Crippen LogP contribution in [0.25, 0.3) is 0 Å². The van der Waals surface area contributed by atoms with Gasteiger partial charge >= 0.3 is 6.03 Å². The van der Waals surface area contributed by atoms with E-state index in [0.717, 1.165) is 5.56 Å².